The highest BCUT2D eigenvalue weighted by Gasteiger charge is 2.12. The molecule has 2 aromatic rings. The number of nitrogens with zero attached hydrogens (tertiary/aromatic N) is 4. The Hall–Kier alpha value is -3.76. The topological polar surface area (TPSA) is 100 Å². The van der Waals surface area contributed by atoms with Crippen LogP contribution in [-0.4, -0.2) is 60.9 Å². The Morgan fingerprint density at radius 2 is 1.69 bits per heavy atom. The summed E-state index contributed by atoms with van der Waals surface area (Å²) in [5.41, 5.74) is 1.57. The summed E-state index contributed by atoms with van der Waals surface area (Å²) in [6, 6.07) is 12.3. The third-order valence-electron chi connectivity index (χ3n) is 4.38. The average molecular weight is 449 g/mol. The Labute approximate surface area is 184 Å². The minimum atomic E-state index is -2.89. The number of amides is 1. The lowest BCUT2D eigenvalue weighted by Gasteiger charge is -2.23. The minimum absolute atomic E-state index is 0.0101. The molecule has 9 nitrogen and oxygen atoms in total. The largest absolute Gasteiger partial charge is 0.435 e. The first kappa shape index (κ1) is 24.5. The second kappa shape index (κ2) is 11.6. The molecule has 2 aromatic carbocycles. The summed E-state index contributed by atoms with van der Waals surface area (Å²) >= 11 is 0. The van der Waals surface area contributed by atoms with Gasteiger partial charge in [-0.05, 0) is 23.3 Å². The zero-order chi connectivity index (χ0) is 23.7. The van der Waals surface area contributed by atoms with Gasteiger partial charge in [0, 0.05) is 39.8 Å². The molecule has 172 valence electrons. The smallest absolute Gasteiger partial charge is 0.387 e. The van der Waals surface area contributed by atoms with E-state index in [-0.39, 0.29) is 30.4 Å². The van der Waals surface area contributed by atoms with Crippen molar-refractivity contribution >= 4 is 17.6 Å². The molecule has 1 N–H and O–H groups in total. The number of guanidine groups is 1. The minimum Gasteiger partial charge on any atom is -0.435 e. The predicted octanol–water partition coefficient (Wildman–Crippen LogP) is 2.86. The van der Waals surface area contributed by atoms with Crippen LogP contribution in [0.15, 0.2) is 53.5 Å². The van der Waals surface area contributed by atoms with Gasteiger partial charge in [-0.2, -0.15) is 8.78 Å². The Balaban J connectivity index is 2.12. The standard InChI is InChI=1S/C21H25F2N5O4/c1-26(2)19(29)13-25-21(24-12-15-4-8-17(9-5-15)28(30)31)27(3)14-16-6-10-18(11-7-16)32-20(22)23/h4-11,20H,12-14H2,1-3H3,(H,24,25). The second-order valence-electron chi connectivity index (χ2n) is 7.08. The zero-order valence-electron chi connectivity index (χ0n) is 18.0. The Morgan fingerprint density at radius 1 is 1.09 bits per heavy atom. The van der Waals surface area contributed by atoms with E-state index in [1.54, 1.807) is 50.3 Å². The molecule has 0 saturated carbocycles. The van der Waals surface area contributed by atoms with Crippen LogP contribution in [-0.2, 0) is 17.9 Å². The van der Waals surface area contributed by atoms with E-state index >= 15 is 0 Å². The maximum absolute atomic E-state index is 12.3. The average Bonchev–Trinajstić information content (AvgIpc) is 2.74. The number of halogens is 2. The number of benzene rings is 2. The highest BCUT2D eigenvalue weighted by Crippen LogP contribution is 2.16. The van der Waals surface area contributed by atoms with Crippen molar-refractivity contribution in [2.75, 3.05) is 27.7 Å². The van der Waals surface area contributed by atoms with Crippen LogP contribution in [0.4, 0.5) is 14.5 Å². The number of rotatable bonds is 9. The van der Waals surface area contributed by atoms with Gasteiger partial charge >= 0.3 is 6.61 Å². The number of nitrogens with one attached hydrogen (secondary N) is 1. The SMILES string of the molecule is CN(C)C(=O)CNC(=NCc1ccc([N+](=O)[O-])cc1)N(C)Cc1ccc(OC(F)F)cc1. The van der Waals surface area contributed by atoms with E-state index in [2.05, 4.69) is 15.0 Å². The zero-order valence-corrected chi connectivity index (χ0v) is 18.0. The highest BCUT2D eigenvalue weighted by molar-refractivity contribution is 5.86. The van der Waals surface area contributed by atoms with E-state index < -0.39 is 11.5 Å². The number of likely N-dealkylation sites (N-methyl/N-ethyl adjacent to an activating group) is 1. The van der Waals surface area contributed by atoms with E-state index in [0.29, 0.717) is 12.5 Å². The van der Waals surface area contributed by atoms with Crippen LogP contribution >= 0.6 is 0 Å². The summed E-state index contributed by atoms with van der Waals surface area (Å²) in [5.74, 6) is 0.356. The first-order valence-corrected chi connectivity index (χ1v) is 9.62. The Kier molecular flexibility index (Phi) is 8.87. The van der Waals surface area contributed by atoms with Crippen molar-refractivity contribution in [2.45, 2.75) is 19.7 Å². The number of aliphatic imine (C=N–C) groups is 1. The van der Waals surface area contributed by atoms with Crippen molar-refractivity contribution in [3.05, 3.63) is 69.8 Å². The summed E-state index contributed by atoms with van der Waals surface area (Å²) in [5, 5.41) is 13.8. The molecule has 32 heavy (non-hydrogen) atoms. The van der Waals surface area contributed by atoms with E-state index in [9.17, 15) is 23.7 Å². The molecular formula is C21H25F2N5O4. The van der Waals surface area contributed by atoms with Gasteiger partial charge in [0.1, 0.15) is 5.75 Å². The van der Waals surface area contributed by atoms with Crippen molar-refractivity contribution in [3.8, 4) is 5.75 Å². The molecule has 0 aromatic heterocycles. The molecule has 0 aliphatic carbocycles. The van der Waals surface area contributed by atoms with Crippen LogP contribution in [0.2, 0.25) is 0 Å². The van der Waals surface area contributed by atoms with Gasteiger partial charge in [0.25, 0.3) is 5.69 Å². The molecule has 0 atom stereocenters. The molecular weight excluding hydrogens is 424 g/mol. The Morgan fingerprint density at radius 3 is 2.22 bits per heavy atom. The van der Waals surface area contributed by atoms with Crippen molar-refractivity contribution < 1.29 is 23.2 Å². The van der Waals surface area contributed by atoms with Gasteiger partial charge in [-0.15, -0.1) is 0 Å². The molecule has 0 spiro atoms. The number of nitro groups is 1. The molecule has 0 aliphatic heterocycles. The summed E-state index contributed by atoms with van der Waals surface area (Å²) in [7, 11) is 5.06. The first-order valence-electron chi connectivity index (χ1n) is 9.62. The molecule has 0 saturated heterocycles. The highest BCUT2D eigenvalue weighted by atomic mass is 19.3. The number of nitro benzene ring substituents is 1. The molecule has 0 unspecified atom stereocenters. The monoisotopic (exact) mass is 449 g/mol. The molecule has 2 rings (SSSR count). The predicted molar refractivity (Wildman–Crippen MR) is 115 cm³/mol. The lowest BCUT2D eigenvalue weighted by Crippen LogP contribution is -2.43. The van der Waals surface area contributed by atoms with Gasteiger partial charge < -0.3 is 19.9 Å². The number of non-ortho nitro benzene ring substituents is 1. The maximum Gasteiger partial charge on any atom is 0.387 e. The van der Waals surface area contributed by atoms with E-state index in [1.807, 2.05) is 0 Å². The summed E-state index contributed by atoms with van der Waals surface area (Å²) in [4.78, 5) is 30.0. The van der Waals surface area contributed by atoms with Crippen LogP contribution in [0.3, 0.4) is 0 Å². The molecule has 0 fully saturated rings. The number of ether oxygens (including phenoxy) is 1. The van der Waals surface area contributed by atoms with Crippen molar-refractivity contribution in [1.82, 2.24) is 15.1 Å². The number of carbonyl (C=O) groups is 1. The van der Waals surface area contributed by atoms with Crippen LogP contribution < -0.4 is 10.1 Å². The normalized spacial score (nSPS) is 11.2. The fraction of sp³-hybridized carbons (Fsp3) is 0.333. The van der Waals surface area contributed by atoms with E-state index in [4.69, 9.17) is 0 Å². The fourth-order valence-corrected chi connectivity index (χ4v) is 2.64. The van der Waals surface area contributed by atoms with Gasteiger partial charge in [-0.1, -0.05) is 24.3 Å². The van der Waals surface area contributed by atoms with E-state index in [1.165, 1.54) is 29.2 Å². The van der Waals surface area contributed by atoms with Crippen molar-refractivity contribution in [3.63, 3.8) is 0 Å². The van der Waals surface area contributed by atoms with Crippen LogP contribution in [0.25, 0.3) is 0 Å². The number of alkyl halides is 2. The summed E-state index contributed by atoms with van der Waals surface area (Å²) < 4.78 is 29.0. The fourth-order valence-electron chi connectivity index (χ4n) is 2.64. The maximum atomic E-state index is 12.3. The van der Waals surface area contributed by atoms with Gasteiger partial charge in [-0.25, -0.2) is 4.99 Å². The lowest BCUT2D eigenvalue weighted by atomic mass is 10.2. The van der Waals surface area contributed by atoms with Gasteiger partial charge in [0.2, 0.25) is 5.91 Å². The van der Waals surface area contributed by atoms with Gasteiger partial charge in [0.05, 0.1) is 18.0 Å². The van der Waals surface area contributed by atoms with Crippen molar-refractivity contribution in [1.29, 1.82) is 0 Å². The Bertz CT molecular complexity index is 934. The van der Waals surface area contributed by atoms with Crippen LogP contribution in [0, 0.1) is 10.1 Å². The second-order valence-corrected chi connectivity index (χ2v) is 7.08. The summed E-state index contributed by atoms with van der Waals surface area (Å²) in [6.07, 6.45) is 0. The third kappa shape index (κ3) is 7.82. The molecule has 11 heteroatoms. The number of carbonyl (C=O) groups excluding carboxylic acids is 1. The number of hydrogen-bond acceptors (Lipinski definition) is 5. The molecule has 0 bridgehead atoms. The molecule has 0 aliphatic rings. The van der Waals surface area contributed by atoms with Crippen LogP contribution in [0.1, 0.15) is 11.1 Å². The van der Waals surface area contributed by atoms with Crippen LogP contribution in [0.5, 0.6) is 5.75 Å². The van der Waals surface area contributed by atoms with E-state index in [0.717, 1.165) is 11.1 Å². The quantitative estimate of drug-likeness (QED) is 0.274. The summed E-state index contributed by atoms with van der Waals surface area (Å²) in [6.45, 7) is -2.24. The van der Waals surface area contributed by atoms with Crippen molar-refractivity contribution in [2.24, 2.45) is 4.99 Å². The van der Waals surface area contributed by atoms with Gasteiger partial charge in [-0.3, -0.25) is 14.9 Å². The number of hydrogen-bond donors (Lipinski definition) is 1. The third-order valence-corrected chi connectivity index (χ3v) is 4.38. The lowest BCUT2D eigenvalue weighted by molar-refractivity contribution is -0.384. The first-order chi connectivity index (χ1) is 15.2. The molecule has 1 amide bonds. The molecule has 0 heterocycles. The molecule has 0 radical (unpaired) electrons. The van der Waals surface area contributed by atoms with Gasteiger partial charge in [0.15, 0.2) is 5.96 Å².